The minimum atomic E-state index is 0. The largest absolute Gasteiger partial charge is 0.497 e. The number of rotatable bonds is 13. The third-order valence-corrected chi connectivity index (χ3v) is 5.43. The van der Waals surface area contributed by atoms with E-state index in [2.05, 4.69) is 46.5 Å². The second kappa shape index (κ2) is 17.4. The molecule has 1 aromatic carbocycles. The first-order chi connectivity index (χ1) is 15.2. The first-order valence-corrected chi connectivity index (χ1v) is 11.3. The SMILES string of the molecule is CCNC(=NCC(c1ccc(OC)cc1)N1CCOCC1)NCCN(C)CCCOC.I. The highest BCUT2D eigenvalue weighted by molar-refractivity contribution is 14.0. The molecule has 0 amide bonds. The molecule has 1 fully saturated rings. The molecule has 32 heavy (non-hydrogen) atoms. The van der Waals surface area contributed by atoms with E-state index in [0.29, 0.717) is 6.54 Å². The summed E-state index contributed by atoms with van der Waals surface area (Å²) in [7, 11) is 5.58. The zero-order valence-electron chi connectivity index (χ0n) is 20.1. The summed E-state index contributed by atoms with van der Waals surface area (Å²) in [6, 6.07) is 8.54. The van der Waals surface area contributed by atoms with Crippen LogP contribution >= 0.6 is 24.0 Å². The number of nitrogens with one attached hydrogen (secondary N) is 2. The van der Waals surface area contributed by atoms with Crippen molar-refractivity contribution >= 4 is 29.9 Å². The van der Waals surface area contributed by atoms with E-state index in [0.717, 1.165) is 77.2 Å². The fourth-order valence-electron chi connectivity index (χ4n) is 3.62. The summed E-state index contributed by atoms with van der Waals surface area (Å²) in [5.41, 5.74) is 1.25. The van der Waals surface area contributed by atoms with Gasteiger partial charge in [0.25, 0.3) is 0 Å². The van der Waals surface area contributed by atoms with Crippen LogP contribution in [0, 0.1) is 0 Å². The zero-order chi connectivity index (χ0) is 22.3. The number of ether oxygens (including phenoxy) is 3. The van der Waals surface area contributed by atoms with Crippen molar-refractivity contribution in [1.82, 2.24) is 20.4 Å². The van der Waals surface area contributed by atoms with Crippen LogP contribution in [0.25, 0.3) is 0 Å². The van der Waals surface area contributed by atoms with Gasteiger partial charge in [0.1, 0.15) is 5.75 Å². The van der Waals surface area contributed by atoms with Gasteiger partial charge >= 0.3 is 0 Å². The number of guanidine groups is 1. The van der Waals surface area contributed by atoms with Gasteiger partial charge in [0, 0.05) is 53.0 Å². The van der Waals surface area contributed by atoms with Crippen LogP contribution in [0.1, 0.15) is 24.9 Å². The lowest BCUT2D eigenvalue weighted by Crippen LogP contribution is -2.43. The van der Waals surface area contributed by atoms with Gasteiger partial charge in [0.2, 0.25) is 0 Å². The normalized spacial score (nSPS) is 15.8. The van der Waals surface area contributed by atoms with Crippen LogP contribution < -0.4 is 15.4 Å². The Kier molecular flexibility index (Phi) is 15.7. The standard InChI is InChI=1S/C23H41N5O3.HI/c1-5-24-23(25-11-13-27(2)12-6-16-29-3)26-19-22(28-14-17-31-18-15-28)20-7-9-21(30-4)10-8-20;/h7-10,22H,5-6,11-19H2,1-4H3,(H2,24,25,26);1H. The molecule has 1 saturated heterocycles. The number of likely N-dealkylation sites (N-methyl/N-ethyl adjacent to an activating group) is 1. The van der Waals surface area contributed by atoms with Crippen molar-refractivity contribution < 1.29 is 14.2 Å². The number of hydrogen-bond donors (Lipinski definition) is 2. The van der Waals surface area contributed by atoms with Crippen LogP contribution in [0.15, 0.2) is 29.3 Å². The quantitative estimate of drug-likeness (QED) is 0.165. The van der Waals surface area contributed by atoms with E-state index in [-0.39, 0.29) is 30.0 Å². The maximum atomic E-state index is 5.56. The molecule has 1 aliphatic rings. The van der Waals surface area contributed by atoms with Crippen LogP contribution in [-0.2, 0) is 9.47 Å². The van der Waals surface area contributed by atoms with Gasteiger partial charge in [0.15, 0.2) is 5.96 Å². The van der Waals surface area contributed by atoms with E-state index < -0.39 is 0 Å². The first-order valence-electron chi connectivity index (χ1n) is 11.3. The number of hydrogen-bond acceptors (Lipinski definition) is 6. The van der Waals surface area contributed by atoms with E-state index >= 15 is 0 Å². The molecule has 2 N–H and O–H groups in total. The third-order valence-electron chi connectivity index (χ3n) is 5.43. The molecular formula is C23H42IN5O3. The second-order valence-corrected chi connectivity index (χ2v) is 7.73. The highest BCUT2D eigenvalue weighted by atomic mass is 127. The number of nitrogens with zero attached hydrogens (tertiary/aromatic N) is 3. The molecule has 0 aromatic heterocycles. The smallest absolute Gasteiger partial charge is 0.191 e. The molecule has 0 aliphatic carbocycles. The van der Waals surface area contributed by atoms with Crippen molar-refractivity contribution in [2.75, 3.05) is 86.9 Å². The highest BCUT2D eigenvalue weighted by Gasteiger charge is 2.22. The van der Waals surface area contributed by atoms with E-state index in [1.54, 1.807) is 14.2 Å². The van der Waals surface area contributed by atoms with Gasteiger partial charge in [-0.25, -0.2) is 0 Å². The summed E-state index contributed by atoms with van der Waals surface area (Å²) in [4.78, 5) is 9.69. The van der Waals surface area contributed by atoms with Crippen LogP contribution in [0.2, 0.25) is 0 Å². The Hall–Kier alpha value is -1.14. The first kappa shape index (κ1) is 28.9. The molecule has 0 bridgehead atoms. The Morgan fingerprint density at radius 1 is 1.16 bits per heavy atom. The van der Waals surface area contributed by atoms with Crippen LogP contribution in [-0.4, -0.2) is 103 Å². The van der Waals surface area contributed by atoms with E-state index in [9.17, 15) is 0 Å². The Labute approximate surface area is 211 Å². The van der Waals surface area contributed by atoms with Crippen molar-refractivity contribution in [1.29, 1.82) is 0 Å². The van der Waals surface area contributed by atoms with Gasteiger partial charge in [-0.05, 0) is 38.1 Å². The van der Waals surface area contributed by atoms with Gasteiger partial charge in [-0.2, -0.15) is 0 Å². The summed E-state index contributed by atoms with van der Waals surface area (Å²) in [6.45, 7) is 10.6. The van der Waals surface area contributed by atoms with E-state index in [4.69, 9.17) is 19.2 Å². The number of halogens is 1. The van der Waals surface area contributed by atoms with Gasteiger partial charge in [-0.15, -0.1) is 24.0 Å². The lowest BCUT2D eigenvalue weighted by Gasteiger charge is -2.34. The second-order valence-electron chi connectivity index (χ2n) is 7.73. The maximum absolute atomic E-state index is 5.56. The van der Waals surface area contributed by atoms with E-state index in [1.807, 2.05) is 12.1 Å². The highest BCUT2D eigenvalue weighted by Crippen LogP contribution is 2.24. The van der Waals surface area contributed by atoms with Crippen molar-refractivity contribution in [3.63, 3.8) is 0 Å². The molecule has 0 spiro atoms. The summed E-state index contributed by atoms with van der Waals surface area (Å²) in [6.07, 6.45) is 1.05. The van der Waals surface area contributed by atoms with Crippen LogP contribution in [0.4, 0.5) is 0 Å². The molecule has 1 aromatic rings. The third kappa shape index (κ3) is 10.7. The molecule has 0 saturated carbocycles. The molecule has 1 atom stereocenters. The topological polar surface area (TPSA) is 70.6 Å². The molecule has 0 radical (unpaired) electrons. The molecule has 1 aliphatic heterocycles. The van der Waals surface area contributed by atoms with E-state index in [1.165, 1.54) is 5.56 Å². The molecule has 9 heteroatoms. The summed E-state index contributed by atoms with van der Waals surface area (Å²) < 4.78 is 16.0. The van der Waals surface area contributed by atoms with Crippen molar-refractivity contribution in [3.8, 4) is 5.75 Å². The van der Waals surface area contributed by atoms with Crippen molar-refractivity contribution in [2.24, 2.45) is 4.99 Å². The number of aliphatic imine (C=N–C) groups is 1. The average molecular weight is 564 g/mol. The number of methoxy groups -OCH3 is 2. The summed E-state index contributed by atoms with van der Waals surface area (Å²) in [5.74, 6) is 1.73. The lowest BCUT2D eigenvalue weighted by molar-refractivity contribution is 0.0179. The molecule has 184 valence electrons. The molecule has 8 nitrogen and oxygen atoms in total. The van der Waals surface area contributed by atoms with Gasteiger partial charge in [-0.3, -0.25) is 9.89 Å². The molecule has 1 unspecified atom stereocenters. The fourth-order valence-corrected chi connectivity index (χ4v) is 3.62. The monoisotopic (exact) mass is 563 g/mol. The Morgan fingerprint density at radius 3 is 2.50 bits per heavy atom. The minimum Gasteiger partial charge on any atom is -0.497 e. The zero-order valence-corrected chi connectivity index (χ0v) is 22.5. The van der Waals surface area contributed by atoms with Gasteiger partial charge in [0.05, 0.1) is 32.9 Å². The van der Waals surface area contributed by atoms with Crippen molar-refractivity contribution in [3.05, 3.63) is 29.8 Å². The fraction of sp³-hybridized carbons (Fsp3) is 0.696. The summed E-state index contributed by atoms with van der Waals surface area (Å²) in [5, 5.41) is 6.85. The van der Waals surface area contributed by atoms with Crippen LogP contribution in [0.3, 0.4) is 0 Å². The molecule has 1 heterocycles. The van der Waals surface area contributed by atoms with Crippen molar-refractivity contribution in [2.45, 2.75) is 19.4 Å². The minimum absolute atomic E-state index is 0. The van der Waals surface area contributed by atoms with Gasteiger partial charge in [-0.1, -0.05) is 12.1 Å². The van der Waals surface area contributed by atoms with Crippen LogP contribution in [0.5, 0.6) is 5.75 Å². The van der Waals surface area contributed by atoms with Gasteiger partial charge < -0.3 is 29.7 Å². The number of benzene rings is 1. The Bertz CT molecular complexity index is 627. The molecular weight excluding hydrogens is 521 g/mol. The molecule has 2 rings (SSSR count). The predicted molar refractivity (Wildman–Crippen MR) is 142 cm³/mol. The maximum Gasteiger partial charge on any atom is 0.191 e. The Balaban J connectivity index is 0.00000512. The average Bonchev–Trinajstić information content (AvgIpc) is 2.80. The number of morpholine rings is 1. The lowest BCUT2D eigenvalue weighted by atomic mass is 10.0. The predicted octanol–water partition coefficient (Wildman–Crippen LogP) is 2.21. The summed E-state index contributed by atoms with van der Waals surface area (Å²) >= 11 is 0. The Morgan fingerprint density at radius 2 is 1.88 bits per heavy atom.